The molecule has 0 bridgehead atoms. The van der Waals surface area contributed by atoms with Gasteiger partial charge in [-0.15, -0.1) is 0 Å². The minimum atomic E-state index is -0.365. The van der Waals surface area contributed by atoms with Gasteiger partial charge in [-0.3, -0.25) is 10.1 Å². The molecule has 1 N–H and O–H groups in total. The molecule has 106 valence electrons. The van der Waals surface area contributed by atoms with Gasteiger partial charge in [-0.05, 0) is 25.1 Å². The van der Waals surface area contributed by atoms with E-state index in [1.165, 1.54) is 6.07 Å². The first-order chi connectivity index (χ1) is 10.2. The zero-order chi connectivity index (χ0) is 14.8. The van der Waals surface area contributed by atoms with E-state index in [1.54, 1.807) is 23.7 Å². The third-order valence-corrected chi connectivity index (χ3v) is 3.48. The second-order valence-electron chi connectivity index (χ2n) is 4.76. The summed E-state index contributed by atoms with van der Waals surface area (Å²) in [5.74, 6) is 0. The Kier molecular flexibility index (Phi) is 3.27. The summed E-state index contributed by atoms with van der Waals surface area (Å²) < 4.78 is 1.80. The van der Waals surface area contributed by atoms with Crippen LogP contribution in [-0.4, -0.2) is 14.5 Å². The molecule has 0 spiro atoms. The average molecular weight is 282 g/mol. The Balaban J connectivity index is 1.85. The van der Waals surface area contributed by atoms with Gasteiger partial charge in [0.1, 0.15) is 0 Å². The topological polar surface area (TPSA) is 72.5 Å². The number of nitro benzene ring substituents is 1. The summed E-state index contributed by atoms with van der Waals surface area (Å²) in [6.45, 7) is 2.31. The molecule has 3 rings (SSSR count). The van der Waals surface area contributed by atoms with Crippen molar-refractivity contribution in [3.63, 3.8) is 0 Å². The molecule has 0 amide bonds. The van der Waals surface area contributed by atoms with Crippen molar-refractivity contribution < 1.29 is 4.92 Å². The van der Waals surface area contributed by atoms with Crippen molar-refractivity contribution in [2.75, 3.05) is 5.32 Å². The summed E-state index contributed by atoms with van der Waals surface area (Å²) in [7, 11) is 0. The maximum absolute atomic E-state index is 10.9. The Morgan fingerprint density at radius 2 is 2.14 bits per heavy atom. The molecule has 21 heavy (non-hydrogen) atoms. The molecule has 0 fully saturated rings. The van der Waals surface area contributed by atoms with Gasteiger partial charge < -0.3 is 5.32 Å². The molecule has 2 heterocycles. The number of hydrogen-bond donors (Lipinski definition) is 1. The number of nitrogens with zero attached hydrogens (tertiary/aromatic N) is 3. The molecule has 0 atom stereocenters. The first kappa shape index (κ1) is 13.1. The third kappa shape index (κ3) is 2.43. The van der Waals surface area contributed by atoms with E-state index in [9.17, 15) is 10.1 Å². The molecule has 0 aliphatic heterocycles. The fourth-order valence-electron chi connectivity index (χ4n) is 2.33. The summed E-state index contributed by atoms with van der Waals surface area (Å²) in [5, 5.41) is 18.5. The van der Waals surface area contributed by atoms with Gasteiger partial charge in [0.15, 0.2) is 0 Å². The van der Waals surface area contributed by atoms with Crippen LogP contribution in [0.5, 0.6) is 0 Å². The Morgan fingerprint density at radius 3 is 2.95 bits per heavy atom. The van der Waals surface area contributed by atoms with Gasteiger partial charge in [0, 0.05) is 35.6 Å². The average Bonchev–Trinajstić information content (AvgIpc) is 2.89. The summed E-state index contributed by atoms with van der Waals surface area (Å²) in [6, 6.07) is 10.9. The molecule has 6 nitrogen and oxygen atoms in total. The predicted octanol–water partition coefficient (Wildman–Crippen LogP) is 3.16. The van der Waals surface area contributed by atoms with Crippen LogP contribution in [0.3, 0.4) is 0 Å². The highest BCUT2D eigenvalue weighted by molar-refractivity contribution is 5.61. The number of nitrogens with one attached hydrogen (secondary N) is 1. The molecule has 0 radical (unpaired) electrons. The van der Waals surface area contributed by atoms with Crippen LogP contribution >= 0.6 is 0 Å². The van der Waals surface area contributed by atoms with E-state index >= 15 is 0 Å². The van der Waals surface area contributed by atoms with Gasteiger partial charge in [0.2, 0.25) is 0 Å². The Morgan fingerprint density at radius 1 is 1.29 bits per heavy atom. The van der Waals surface area contributed by atoms with E-state index in [-0.39, 0.29) is 10.6 Å². The van der Waals surface area contributed by atoms with Crippen LogP contribution in [0, 0.1) is 17.0 Å². The maximum Gasteiger partial charge on any atom is 0.274 e. The fraction of sp³-hybridized carbons (Fsp3) is 0.133. The largest absolute Gasteiger partial charge is 0.380 e. The summed E-state index contributed by atoms with van der Waals surface area (Å²) >= 11 is 0. The highest BCUT2D eigenvalue weighted by Crippen LogP contribution is 2.25. The van der Waals surface area contributed by atoms with E-state index < -0.39 is 0 Å². The molecular weight excluding hydrogens is 268 g/mol. The maximum atomic E-state index is 10.9. The van der Waals surface area contributed by atoms with Crippen LogP contribution in [0.2, 0.25) is 0 Å². The van der Waals surface area contributed by atoms with E-state index in [0.29, 0.717) is 12.1 Å². The lowest BCUT2D eigenvalue weighted by Crippen LogP contribution is -2.02. The zero-order valence-corrected chi connectivity index (χ0v) is 11.5. The number of fused-ring (bicyclic) bond motifs is 1. The molecule has 3 aromatic rings. The van der Waals surface area contributed by atoms with Crippen molar-refractivity contribution in [1.29, 1.82) is 0 Å². The highest BCUT2D eigenvalue weighted by atomic mass is 16.6. The molecule has 0 saturated carbocycles. The minimum absolute atomic E-state index is 0.125. The van der Waals surface area contributed by atoms with E-state index in [4.69, 9.17) is 0 Å². The van der Waals surface area contributed by atoms with Crippen LogP contribution in [-0.2, 0) is 6.54 Å². The van der Waals surface area contributed by atoms with Crippen LogP contribution in [0.15, 0.2) is 48.8 Å². The number of benzene rings is 1. The van der Waals surface area contributed by atoms with E-state index in [0.717, 1.165) is 16.8 Å². The van der Waals surface area contributed by atoms with E-state index in [1.807, 2.05) is 30.5 Å². The molecule has 0 saturated heterocycles. The lowest BCUT2D eigenvalue weighted by molar-refractivity contribution is -0.385. The first-order valence-electron chi connectivity index (χ1n) is 6.56. The molecule has 0 aliphatic carbocycles. The second-order valence-corrected chi connectivity index (χ2v) is 4.76. The normalized spacial score (nSPS) is 10.7. The van der Waals surface area contributed by atoms with E-state index in [2.05, 4.69) is 10.4 Å². The van der Waals surface area contributed by atoms with Crippen LogP contribution in [0.4, 0.5) is 11.4 Å². The van der Waals surface area contributed by atoms with Crippen LogP contribution in [0.25, 0.3) is 5.52 Å². The lowest BCUT2D eigenvalue weighted by Gasteiger charge is -2.09. The van der Waals surface area contributed by atoms with Crippen molar-refractivity contribution >= 4 is 16.9 Å². The number of rotatable bonds is 4. The van der Waals surface area contributed by atoms with Crippen molar-refractivity contribution in [1.82, 2.24) is 9.61 Å². The smallest absolute Gasteiger partial charge is 0.274 e. The standard InChI is InChI=1S/C15H14N4O2/c1-11-13(5-4-7-14(11)19(20)21)16-9-12-10-17-18-8-3-2-6-15(12)18/h2-8,10,16H,9H2,1H3. The summed E-state index contributed by atoms with van der Waals surface area (Å²) in [5.41, 5.74) is 3.59. The van der Waals surface area contributed by atoms with Gasteiger partial charge >= 0.3 is 0 Å². The van der Waals surface area contributed by atoms with Gasteiger partial charge in [-0.25, -0.2) is 4.52 Å². The van der Waals surface area contributed by atoms with Crippen molar-refractivity contribution in [2.45, 2.75) is 13.5 Å². The predicted molar refractivity (Wildman–Crippen MR) is 80.4 cm³/mol. The Bertz CT molecular complexity index is 810. The quantitative estimate of drug-likeness (QED) is 0.589. The van der Waals surface area contributed by atoms with Crippen LogP contribution < -0.4 is 5.32 Å². The SMILES string of the molecule is Cc1c(NCc2cnn3ccccc23)cccc1[N+](=O)[O-]. The number of hydrogen-bond acceptors (Lipinski definition) is 4. The van der Waals surface area contributed by atoms with Crippen LogP contribution in [0.1, 0.15) is 11.1 Å². The van der Waals surface area contributed by atoms with Gasteiger partial charge in [0.25, 0.3) is 5.69 Å². The molecule has 2 aromatic heterocycles. The molecule has 6 heteroatoms. The molecule has 0 aliphatic rings. The first-order valence-corrected chi connectivity index (χ1v) is 6.56. The Hall–Kier alpha value is -2.89. The summed E-state index contributed by atoms with van der Waals surface area (Å²) in [4.78, 5) is 10.6. The molecule has 0 unspecified atom stereocenters. The third-order valence-electron chi connectivity index (χ3n) is 3.48. The number of nitro groups is 1. The van der Waals surface area contributed by atoms with Crippen molar-refractivity contribution in [3.8, 4) is 0 Å². The minimum Gasteiger partial charge on any atom is -0.380 e. The highest BCUT2D eigenvalue weighted by Gasteiger charge is 2.13. The number of pyridine rings is 1. The zero-order valence-electron chi connectivity index (χ0n) is 11.5. The number of anilines is 1. The lowest BCUT2D eigenvalue weighted by atomic mass is 10.1. The van der Waals surface area contributed by atoms with Gasteiger partial charge in [-0.2, -0.15) is 5.10 Å². The Labute approximate surface area is 121 Å². The van der Waals surface area contributed by atoms with Gasteiger partial charge in [0.05, 0.1) is 16.6 Å². The number of aromatic nitrogens is 2. The summed E-state index contributed by atoms with van der Waals surface area (Å²) in [6.07, 6.45) is 3.69. The molecule has 1 aromatic carbocycles. The van der Waals surface area contributed by atoms with Crippen molar-refractivity contribution in [2.24, 2.45) is 0 Å². The fourth-order valence-corrected chi connectivity index (χ4v) is 2.33. The second kappa shape index (κ2) is 5.24. The molecular formula is C15H14N4O2. The van der Waals surface area contributed by atoms with Gasteiger partial charge in [-0.1, -0.05) is 12.1 Å². The monoisotopic (exact) mass is 282 g/mol. The van der Waals surface area contributed by atoms with Crippen molar-refractivity contribution in [3.05, 3.63) is 70.0 Å².